The number of aliphatic hydroxyl groups is 1. The summed E-state index contributed by atoms with van der Waals surface area (Å²) in [7, 11) is 0. The van der Waals surface area contributed by atoms with E-state index in [4.69, 9.17) is 5.11 Å². The Morgan fingerprint density at radius 3 is 2.82 bits per heavy atom. The lowest BCUT2D eigenvalue weighted by Gasteiger charge is -1.97. The van der Waals surface area contributed by atoms with Gasteiger partial charge < -0.3 is 5.11 Å². The van der Waals surface area contributed by atoms with E-state index in [-0.39, 0.29) is 12.3 Å². The van der Waals surface area contributed by atoms with Gasteiger partial charge in [0.15, 0.2) is 0 Å². The minimum absolute atomic E-state index is 0.0552. The molecule has 17 heavy (non-hydrogen) atoms. The number of nitro groups is 1. The fraction of sp³-hybridized carbons (Fsp3) is 0.385. The van der Waals surface area contributed by atoms with Crippen LogP contribution in [-0.4, -0.2) is 16.6 Å². The van der Waals surface area contributed by atoms with Gasteiger partial charge in [0.2, 0.25) is 0 Å². The summed E-state index contributed by atoms with van der Waals surface area (Å²) < 4.78 is 0. The van der Waals surface area contributed by atoms with Crippen LogP contribution in [0.25, 0.3) is 0 Å². The normalized spacial score (nSPS) is 9.53. The average Bonchev–Trinajstić information content (AvgIpc) is 2.30. The molecule has 4 nitrogen and oxygen atoms in total. The zero-order chi connectivity index (χ0) is 12.7. The molecule has 0 atom stereocenters. The van der Waals surface area contributed by atoms with Gasteiger partial charge >= 0.3 is 0 Å². The summed E-state index contributed by atoms with van der Waals surface area (Å²) in [5.41, 5.74) is 1.35. The first kappa shape index (κ1) is 13.2. The topological polar surface area (TPSA) is 63.4 Å². The second kappa shape index (κ2) is 6.66. The number of nitrogens with zero attached hydrogens (tertiary/aromatic N) is 1. The number of rotatable bonds is 4. The quantitative estimate of drug-likeness (QED) is 0.376. The fourth-order valence-corrected chi connectivity index (χ4v) is 1.38. The maximum atomic E-state index is 10.8. The van der Waals surface area contributed by atoms with Crippen molar-refractivity contribution >= 4 is 5.69 Å². The summed E-state index contributed by atoms with van der Waals surface area (Å²) in [5, 5.41) is 19.4. The van der Waals surface area contributed by atoms with Gasteiger partial charge in [-0.3, -0.25) is 10.1 Å². The van der Waals surface area contributed by atoms with Crippen LogP contribution in [0.3, 0.4) is 0 Å². The van der Waals surface area contributed by atoms with Crippen LogP contribution in [0.15, 0.2) is 18.2 Å². The van der Waals surface area contributed by atoms with Crippen molar-refractivity contribution < 1.29 is 10.0 Å². The highest BCUT2D eigenvalue weighted by Gasteiger charge is 2.11. The number of benzene rings is 1. The van der Waals surface area contributed by atoms with Crippen molar-refractivity contribution in [3.8, 4) is 11.8 Å². The lowest BCUT2D eigenvalue weighted by atomic mass is 10.1. The number of aryl methyl sites for hydroxylation is 1. The number of unbranched alkanes of at least 4 members (excludes halogenated alkanes) is 2. The number of hydrogen-bond acceptors (Lipinski definition) is 3. The molecule has 0 aliphatic heterocycles. The van der Waals surface area contributed by atoms with Gasteiger partial charge in [0.05, 0.1) is 4.92 Å². The van der Waals surface area contributed by atoms with E-state index in [1.54, 1.807) is 6.07 Å². The van der Waals surface area contributed by atoms with Crippen molar-refractivity contribution in [3.63, 3.8) is 0 Å². The van der Waals surface area contributed by atoms with Crippen LogP contribution in [0.5, 0.6) is 0 Å². The Bertz CT molecular complexity index is 457. The van der Waals surface area contributed by atoms with E-state index >= 15 is 0 Å². The van der Waals surface area contributed by atoms with Crippen LogP contribution in [-0.2, 0) is 0 Å². The molecule has 0 spiro atoms. The minimum atomic E-state index is -0.412. The second-order valence-electron chi connectivity index (χ2n) is 3.76. The Morgan fingerprint density at radius 2 is 2.18 bits per heavy atom. The summed E-state index contributed by atoms with van der Waals surface area (Å²) in [5.74, 6) is 5.69. The SMILES string of the molecule is Cc1ccc(C#CCCCCO)c([N+](=O)[O-])c1. The van der Waals surface area contributed by atoms with Gasteiger partial charge in [-0.25, -0.2) is 0 Å². The van der Waals surface area contributed by atoms with E-state index in [2.05, 4.69) is 11.8 Å². The predicted octanol–water partition coefficient (Wildman–Crippen LogP) is 2.42. The van der Waals surface area contributed by atoms with Crippen molar-refractivity contribution in [2.75, 3.05) is 6.61 Å². The molecular formula is C13H15NO3. The molecule has 4 heteroatoms. The molecule has 0 aromatic heterocycles. The van der Waals surface area contributed by atoms with Gasteiger partial charge in [-0.1, -0.05) is 17.9 Å². The Labute approximate surface area is 100 Å². The van der Waals surface area contributed by atoms with Gasteiger partial charge in [0, 0.05) is 19.1 Å². The molecule has 0 aliphatic carbocycles. The molecule has 0 unspecified atom stereocenters. The second-order valence-corrected chi connectivity index (χ2v) is 3.76. The lowest BCUT2D eigenvalue weighted by Crippen LogP contribution is -1.92. The smallest absolute Gasteiger partial charge is 0.285 e. The van der Waals surface area contributed by atoms with Crippen LogP contribution < -0.4 is 0 Å². The van der Waals surface area contributed by atoms with Crippen molar-refractivity contribution in [2.45, 2.75) is 26.2 Å². The molecule has 0 heterocycles. The molecule has 1 aromatic carbocycles. The zero-order valence-electron chi connectivity index (χ0n) is 9.77. The fourth-order valence-electron chi connectivity index (χ4n) is 1.38. The monoisotopic (exact) mass is 233 g/mol. The van der Waals surface area contributed by atoms with Crippen LogP contribution in [0.2, 0.25) is 0 Å². The number of aliphatic hydroxyl groups excluding tert-OH is 1. The van der Waals surface area contributed by atoms with Crippen molar-refractivity contribution in [1.29, 1.82) is 0 Å². The zero-order valence-corrected chi connectivity index (χ0v) is 9.77. The van der Waals surface area contributed by atoms with Gasteiger partial charge in [0.1, 0.15) is 5.56 Å². The molecule has 0 saturated heterocycles. The molecule has 0 saturated carbocycles. The third-order valence-electron chi connectivity index (χ3n) is 2.28. The predicted molar refractivity (Wildman–Crippen MR) is 65.6 cm³/mol. The highest BCUT2D eigenvalue weighted by molar-refractivity contribution is 5.52. The third-order valence-corrected chi connectivity index (χ3v) is 2.28. The highest BCUT2D eigenvalue weighted by atomic mass is 16.6. The van der Waals surface area contributed by atoms with Crippen molar-refractivity contribution in [1.82, 2.24) is 0 Å². The first-order chi connectivity index (χ1) is 8.15. The Balaban J connectivity index is 2.79. The van der Waals surface area contributed by atoms with Crippen LogP contribution in [0, 0.1) is 28.9 Å². The molecule has 0 radical (unpaired) electrons. The molecule has 90 valence electrons. The first-order valence-electron chi connectivity index (χ1n) is 5.50. The van der Waals surface area contributed by atoms with Crippen LogP contribution in [0.1, 0.15) is 30.4 Å². The Morgan fingerprint density at radius 1 is 1.41 bits per heavy atom. The maximum absolute atomic E-state index is 10.8. The van der Waals surface area contributed by atoms with E-state index in [0.29, 0.717) is 18.4 Å². The summed E-state index contributed by atoms with van der Waals surface area (Å²) in [6.45, 7) is 1.97. The van der Waals surface area contributed by atoms with Crippen molar-refractivity contribution in [3.05, 3.63) is 39.4 Å². The molecule has 1 rings (SSSR count). The van der Waals surface area contributed by atoms with Crippen LogP contribution >= 0.6 is 0 Å². The highest BCUT2D eigenvalue weighted by Crippen LogP contribution is 2.18. The number of nitro benzene ring substituents is 1. The van der Waals surface area contributed by atoms with E-state index in [1.807, 2.05) is 13.0 Å². The summed E-state index contributed by atoms with van der Waals surface area (Å²) in [6.07, 6.45) is 2.17. The molecule has 1 aromatic rings. The summed E-state index contributed by atoms with van der Waals surface area (Å²) >= 11 is 0. The van der Waals surface area contributed by atoms with E-state index in [0.717, 1.165) is 12.0 Å². The molecule has 0 bridgehead atoms. The van der Waals surface area contributed by atoms with Crippen molar-refractivity contribution in [2.24, 2.45) is 0 Å². The number of hydrogen-bond donors (Lipinski definition) is 1. The standard InChI is InChI=1S/C13H15NO3/c1-11-7-8-12(13(10-11)14(16)17)6-4-2-3-5-9-15/h7-8,10,15H,2-3,5,9H2,1H3. The minimum Gasteiger partial charge on any atom is -0.396 e. The molecule has 1 N–H and O–H groups in total. The van der Waals surface area contributed by atoms with Crippen LogP contribution in [0.4, 0.5) is 5.69 Å². The Hall–Kier alpha value is -1.86. The molecular weight excluding hydrogens is 218 g/mol. The largest absolute Gasteiger partial charge is 0.396 e. The maximum Gasteiger partial charge on any atom is 0.285 e. The van der Waals surface area contributed by atoms with Gasteiger partial charge in [-0.15, -0.1) is 0 Å². The lowest BCUT2D eigenvalue weighted by molar-refractivity contribution is -0.385. The third kappa shape index (κ3) is 4.25. The van der Waals surface area contributed by atoms with Gasteiger partial charge in [-0.05, 0) is 31.4 Å². The average molecular weight is 233 g/mol. The van der Waals surface area contributed by atoms with Gasteiger partial charge in [-0.2, -0.15) is 0 Å². The summed E-state index contributed by atoms with van der Waals surface area (Å²) in [4.78, 5) is 10.4. The van der Waals surface area contributed by atoms with Gasteiger partial charge in [0.25, 0.3) is 5.69 Å². The van der Waals surface area contributed by atoms with E-state index in [1.165, 1.54) is 6.07 Å². The van der Waals surface area contributed by atoms with E-state index < -0.39 is 4.92 Å². The Kier molecular flexibility index (Phi) is 5.18. The summed E-state index contributed by atoms with van der Waals surface area (Å²) in [6, 6.07) is 5.01. The van der Waals surface area contributed by atoms with E-state index in [9.17, 15) is 10.1 Å². The molecule has 0 aliphatic rings. The molecule has 0 amide bonds. The first-order valence-corrected chi connectivity index (χ1v) is 5.50. The molecule has 0 fully saturated rings.